The number of nitrogens with two attached hydrogens (primary N) is 1. The molecule has 3 aliphatic rings. The monoisotopic (exact) mass is 298 g/mol. The van der Waals surface area contributed by atoms with Crippen LogP contribution in [0.25, 0.3) is 5.65 Å². The molecule has 1 saturated heterocycles. The highest BCUT2D eigenvalue weighted by atomic mass is 16.3. The molecule has 2 aromatic heterocycles. The topological polar surface area (TPSA) is 66.8 Å². The lowest BCUT2D eigenvalue weighted by Crippen LogP contribution is -2.33. The van der Waals surface area contributed by atoms with E-state index in [1.165, 1.54) is 24.8 Å². The van der Waals surface area contributed by atoms with Crippen molar-refractivity contribution in [2.75, 3.05) is 11.4 Å². The maximum absolute atomic E-state index is 10.5. The summed E-state index contributed by atoms with van der Waals surface area (Å²) in [5.41, 5.74) is 10.3. The Hall–Kier alpha value is -1.59. The minimum atomic E-state index is -0.348. The Morgan fingerprint density at radius 3 is 2.82 bits per heavy atom. The maximum atomic E-state index is 10.5. The van der Waals surface area contributed by atoms with Gasteiger partial charge in [-0.05, 0) is 49.7 Å². The van der Waals surface area contributed by atoms with Gasteiger partial charge in [0.25, 0.3) is 0 Å². The van der Waals surface area contributed by atoms with Crippen LogP contribution in [0.3, 0.4) is 0 Å². The van der Waals surface area contributed by atoms with E-state index in [1.54, 1.807) is 0 Å². The number of aliphatic hydroxyl groups is 1. The number of hydrogen-bond donors (Lipinski definition) is 2. The second-order valence-electron chi connectivity index (χ2n) is 7.34. The van der Waals surface area contributed by atoms with Crippen molar-refractivity contribution in [1.29, 1.82) is 0 Å². The van der Waals surface area contributed by atoms with Gasteiger partial charge >= 0.3 is 0 Å². The van der Waals surface area contributed by atoms with E-state index in [1.807, 2.05) is 13.1 Å². The fraction of sp³-hybridized carbons (Fsp3) is 0.588. The van der Waals surface area contributed by atoms with Crippen LogP contribution in [0.4, 0.5) is 5.69 Å². The summed E-state index contributed by atoms with van der Waals surface area (Å²) in [6.45, 7) is 2.92. The van der Waals surface area contributed by atoms with Crippen molar-refractivity contribution in [2.45, 2.75) is 44.4 Å². The van der Waals surface area contributed by atoms with E-state index in [9.17, 15) is 5.11 Å². The number of nitrogens with zero attached hydrogens (tertiary/aromatic N) is 3. The van der Waals surface area contributed by atoms with Gasteiger partial charge < -0.3 is 20.1 Å². The number of hydrogen-bond acceptors (Lipinski definition) is 4. The van der Waals surface area contributed by atoms with Crippen LogP contribution in [-0.2, 0) is 0 Å². The van der Waals surface area contributed by atoms with Crippen LogP contribution in [0.15, 0.2) is 18.5 Å². The molecule has 5 heteroatoms. The standard InChI is InChI=1S/C17H22N4O/c1-9(18)14-8-20-6-11(10-2-3-10)5-15(16(20)19-14)21-7-12-4-13(12)17(21)22/h5-6,8-10,12-13,17,22H,2-4,7,18H2,1H3/t9-,12?,13?,17?/m0/s1. The highest BCUT2D eigenvalue weighted by Gasteiger charge is 2.52. The van der Waals surface area contributed by atoms with Crippen molar-refractivity contribution in [2.24, 2.45) is 17.6 Å². The third-order valence-electron chi connectivity index (χ3n) is 5.51. The number of anilines is 1. The molecule has 0 bridgehead atoms. The van der Waals surface area contributed by atoms with Gasteiger partial charge in [-0.2, -0.15) is 0 Å². The highest BCUT2D eigenvalue weighted by Crippen LogP contribution is 2.51. The summed E-state index contributed by atoms with van der Waals surface area (Å²) in [4.78, 5) is 6.89. The molecule has 0 spiro atoms. The Bertz CT molecular complexity index is 748. The molecule has 5 nitrogen and oxygen atoms in total. The number of piperidine rings is 1. The zero-order valence-electron chi connectivity index (χ0n) is 12.8. The van der Waals surface area contributed by atoms with E-state index in [2.05, 4.69) is 21.6 Å². The molecule has 22 heavy (non-hydrogen) atoms. The van der Waals surface area contributed by atoms with Gasteiger partial charge in [0.05, 0.1) is 11.4 Å². The van der Waals surface area contributed by atoms with Crippen LogP contribution in [0.2, 0.25) is 0 Å². The van der Waals surface area contributed by atoms with Gasteiger partial charge in [0.15, 0.2) is 5.65 Å². The summed E-state index contributed by atoms with van der Waals surface area (Å²) in [5, 5.41) is 10.5. The first-order valence-corrected chi connectivity index (χ1v) is 8.34. The second-order valence-corrected chi connectivity index (χ2v) is 7.34. The number of imidazole rings is 1. The van der Waals surface area contributed by atoms with Crippen molar-refractivity contribution < 1.29 is 5.11 Å². The van der Waals surface area contributed by atoms with Gasteiger partial charge in [0.1, 0.15) is 6.23 Å². The molecule has 2 aliphatic carbocycles. The molecule has 3 fully saturated rings. The van der Waals surface area contributed by atoms with Crippen LogP contribution in [0.1, 0.15) is 49.4 Å². The molecule has 1 aliphatic heterocycles. The van der Waals surface area contributed by atoms with Crippen LogP contribution >= 0.6 is 0 Å². The number of rotatable bonds is 3. The fourth-order valence-corrected chi connectivity index (χ4v) is 3.87. The maximum Gasteiger partial charge on any atom is 0.160 e. The predicted molar refractivity (Wildman–Crippen MR) is 84.7 cm³/mol. The summed E-state index contributed by atoms with van der Waals surface area (Å²) in [7, 11) is 0. The smallest absolute Gasteiger partial charge is 0.160 e. The first kappa shape index (κ1) is 12.9. The summed E-state index contributed by atoms with van der Waals surface area (Å²) in [5.74, 6) is 1.81. The Kier molecular flexibility index (Phi) is 2.48. The minimum absolute atomic E-state index is 0.0750. The Morgan fingerprint density at radius 2 is 2.18 bits per heavy atom. The minimum Gasteiger partial charge on any atom is -0.373 e. The second kappa shape index (κ2) is 4.24. The van der Waals surface area contributed by atoms with Crippen LogP contribution in [0.5, 0.6) is 0 Å². The molecule has 3 N–H and O–H groups in total. The lowest BCUT2D eigenvalue weighted by molar-refractivity contribution is 0.163. The van der Waals surface area contributed by atoms with Crippen molar-refractivity contribution in [1.82, 2.24) is 9.38 Å². The normalized spacial score (nSPS) is 31.6. The lowest BCUT2D eigenvalue weighted by Gasteiger charge is -2.26. The van der Waals surface area contributed by atoms with E-state index in [4.69, 9.17) is 10.7 Å². The van der Waals surface area contributed by atoms with Gasteiger partial charge in [-0.3, -0.25) is 0 Å². The van der Waals surface area contributed by atoms with E-state index in [-0.39, 0.29) is 12.3 Å². The third-order valence-corrected chi connectivity index (χ3v) is 5.51. The molecule has 116 valence electrons. The SMILES string of the molecule is C[C@H](N)c1cn2cc(C3CC3)cc(N3CC4CC4C3O)c2n1. The van der Waals surface area contributed by atoms with E-state index >= 15 is 0 Å². The lowest BCUT2D eigenvalue weighted by atomic mass is 10.1. The number of aromatic nitrogens is 2. The van der Waals surface area contributed by atoms with E-state index in [0.29, 0.717) is 17.8 Å². The van der Waals surface area contributed by atoms with Crippen LogP contribution in [-0.4, -0.2) is 27.3 Å². The van der Waals surface area contributed by atoms with Crippen molar-refractivity contribution in [3.63, 3.8) is 0 Å². The summed E-state index contributed by atoms with van der Waals surface area (Å²) in [6.07, 6.45) is 7.60. The molecule has 3 heterocycles. The third kappa shape index (κ3) is 1.82. The Morgan fingerprint density at radius 1 is 1.36 bits per heavy atom. The fourth-order valence-electron chi connectivity index (χ4n) is 3.87. The Labute approximate surface area is 129 Å². The van der Waals surface area contributed by atoms with Gasteiger partial charge in [0.2, 0.25) is 0 Å². The molecular formula is C17H22N4O. The van der Waals surface area contributed by atoms with Crippen LogP contribution in [0, 0.1) is 11.8 Å². The summed E-state index contributed by atoms with van der Waals surface area (Å²) >= 11 is 0. The average molecular weight is 298 g/mol. The van der Waals surface area contributed by atoms with Crippen molar-refractivity contribution in [3.8, 4) is 0 Å². The Balaban J connectivity index is 1.66. The molecule has 4 atom stereocenters. The van der Waals surface area contributed by atoms with Crippen molar-refractivity contribution >= 4 is 11.3 Å². The molecule has 0 aromatic carbocycles. The summed E-state index contributed by atoms with van der Waals surface area (Å²) < 4.78 is 2.11. The molecule has 2 saturated carbocycles. The first-order chi connectivity index (χ1) is 10.6. The van der Waals surface area contributed by atoms with Gasteiger partial charge in [0, 0.05) is 30.9 Å². The largest absolute Gasteiger partial charge is 0.373 e. The van der Waals surface area contributed by atoms with Crippen molar-refractivity contribution in [3.05, 3.63) is 29.7 Å². The van der Waals surface area contributed by atoms with Gasteiger partial charge in [-0.25, -0.2) is 4.98 Å². The molecule has 3 unspecified atom stereocenters. The molecule has 2 aromatic rings. The van der Waals surface area contributed by atoms with E-state index < -0.39 is 0 Å². The first-order valence-electron chi connectivity index (χ1n) is 8.34. The molecule has 5 rings (SSSR count). The summed E-state index contributed by atoms with van der Waals surface area (Å²) in [6, 6.07) is 2.17. The number of pyridine rings is 1. The quantitative estimate of drug-likeness (QED) is 0.909. The van der Waals surface area contributed by atoms with Gasteiger partial charge in [-0.15, -0.1) is 0 Å². The average Bonchev–Trinajstić information content (AvgIpc) is 3.39. The zero-order chi connectivity index (χ0) is 15.0. The zero-order valence-corrected chi connectivity index (χ0v) is 12.8. The van der Waals surface area contributed by atoms with E-state index in [0.717, 1.165) is 23.6 Å². The predicted octanol–water partition coefficient (Wildman–Crippen LogP) is 2.01. The molecular weight excluding hydrogens is 276 g/mol. The number of aliphatic hydroxyl groups excluding tert-OH is 1. The molecule has 0 amide bonds. The highest BCUT2D eigenvalue weighted by molar-refractivity contribution is 5.72. The molecule has 0 radical (unpaired) electrons. The number of fused-ring (bicyclic) bond motifs is 2. The van der Waals surface area contributed by atoms with Crippen LogP contribution < -0.4 is 10.6 Å². The van der Waals surface area contributed by atoms with Gasteiger partial charge in [-0.1, -0.05) is 0 Å².